The summed E-state index contributed by atoms with van der Waals surface area (Å²) < 4.78 is 5.26. The van der Waals surface area contributed by atoms with Crippen LogP contribution >= 0.6 is 0 Å². The average molecular weight is 328 g/mol. The van der Waals surface area contributed by atoms with E-state index in [-0.39, 0.29) is 17.9 Å². The van der Waals surface area contributed by atoms with E-state index in [4.69, 9.17) is 10.2 Å². The van der Waals surface area contributed by atoms with Gasteiger partial charge in [-0.3, -0.25) is 19.3 Å². The number of carbonyl (C=O) groups excluding carboxylic acids is 3. The van der Waals surface area contributed by atoms with Crippen molar-refractivity contribution >= 4 is 23.3 Å². The van der Waals surface area contributed by atoms with Crippen LogP contribution in [-0.4, -0.2) is 29.2 Å². The van der Waals surface area contributed by atoms with Gasteiger partial charge in [0.25, 0.3) is 5.91 Å². The second-order valence-corrected chi connectivity index (χ2v) is 5.75. The molecule has 1 aliphatic heterocycles. The lowest BCUT2D eigenvalue weighted by Gasteiger charge is -2.21. The number of carbonyl (C=O) groups is 3. The topological polar surface area (TPSA) is 114 Å². The van der Waals surface area contributed by atoms with E-state index in [2.05, 4.69) is 0 Å². The normalized spacial score (nSPS) is 19.4. The lowest BCUT2D eigenvalue weighted by Crippen LogP contribution is -2.44. The number of para-hydroxylation sites is 1. The Morgan fingerprint density at radius 3 is 2.58 bits per heavy atom. The van der Waals surface area contributed by atoms with Gasteiger partial charge in [0.15, 0.2) is 11.4 Å². The van der Waals surface area contributed by atoms with Gasteiger partial charge in [-0.05, 0) is 25.1 Å². The van der Waals surface area contributed by atoms with Crippen LogP contribution in [0.3, 0.4) is 0 Å². The highest BCUT2D eigenvalue weighted by molar-refractivity contribution is 6.12. The summed E-state index contributed by atoms with van der Waals surface area (Å²) in [5.74, 6) is -1.34. The molecule has 124 valence electrons. The number of nitrogens with two attached hydrogens (primary N) is 1. The summed E-state index contributed by atoms with van der Waals surface area (Å²) in [5, 5.41) is 10.9. The molecular weight excluding hydrogens is 312 g/mol. The van der Waals surface area contributed by atoms with Crippen LogP contribution in [0.25, 0.3) is 0 Å². The number of aliphatic hydroxyl groups is 1. The fourth-order valence-corrected chi connectivity index (χ4v) is 2.89. The van der Waals surface area contributed by atoms with E-state index in [1.165, 1.54) is 6.07 Å². The number of aryl methyl sites for hydroxylation is 1. The lowest BCUT2D eigenvalue weighted by atomic mass is 9.89. The van der Waals surface area contributed by atoms with Gasteiger partial charge in [0, 0.05) is 5.56 Å². The molecule has 3 N–H and O–H groups in total. The zero-order valence-corrected chi connectivity index (χ0v) is 13.0. The number of furan rings is 1. The van der Waals surface area contributed by atoms with Crippen LogP contribution in [0.5, 0.6) is 0 Å². The van der Waals surface area contributed by atoms with Crippen LogP contribution in [0.15, 0.2) is 40.8 Å². The first kappa shape index (κ1) is 15.9. The van der Waals surface area contributed by atoms with E-state index in [9.17, 15) is 19.5 Å². The standard InChI is InChI=1S/C17H16N2O5/c1-10-6-7-14(24-10)13(20)8-17(23)11-4-2-3-5-12(11)19(16(17)22)9-15(18)21/h2-7,23H,8-9H2,1H3,(H2,18,21)/t17-/m1/s1. The number of benzene rings is 1. The van der Waals surface area contributed by atoms with Gasteiger partial charge in [0.2, 0.25) is 11.7 Å². The predicted octanol–water partition coefficient (Wildman–Crippen LogP) is 0.881. The molecule has 1 aromatic heterocycles. The van der Waals surface area contributed by atoms with Gasteiger partial charge in [-0.15, -0.1) is 0 Å². The zero-order valence-electron chi connectivity index (χ0n) is 13.0. The number of primary amides is 1. The van der Waals surface area contributed by atoms with Crippen LogP contribution in [0.1, 0.15) is 28.3 Å². The number of amides is 2. The van der Waals surface area contributed by atoms with Gasteiger partial charge in [0.05, 0.1) is 12.1 Å². The molecule has 7 nitrogen and oxygen atoms in total. The van der Waals surface area contributed by atoms with Crippen molar-refractivity contribution in [2.24, 2.45) is 5.73 Å². The van der Waals surface area contributed by atoms with E-state index in [0.29, 0.717) is 11.4 Å². The first-order valence-corrected chi connectivity index (χ1v) is 7.35. The highest BCUT2D eigenvalue weighted by atomic mass is 16.3. The molecular formula is C17H16N2O5. The molecule has 1 aliphatic rings. The SMILES string of the molecule is Cc1ccc(C(=O)C[C@]2(O)C(=O)N(CC(N)=O)c3ccccc32)o1. The van der Waals surface area contributed by atoms with Crippen LogP contribution in [-0.2, 0) is 15.2 Å². The Balaban J connectivity index is 1.98. The highest BCUT2D eigenvalue weighted by Crippen LogP contribution is 2.42. The number of nitrogens with zero attached hydrogens (tertiary/aromatic N) is 1. The average Bonchev–Trinajstić information content (AvgIpc) is 3.05. The number of hydrogen-bond donors (Lipinski definition) is 2. The number of fused-ring (bicyclic) bond motifs is 1. The van der Waals surface area contributed by atoms with Crippen molar-refractivity contribution in [3.8, 4) is 0 Å². The molecule has 2 amide bonds. The van der Waals surface area contributed by atoms with Crippen molar-refractivity contribution in [2.75, 3.05) is 11.4 Å². The molecule has 7 heteroatoms. The van der Waals surface area contributed by atoms with Crippen LogP contribution in [0, 0.1) is 6.92 Å². The Hall–Kier alpha value is -2.93. The van der Waals surface area contributed by atoms with Crippen LogP contribution in [0.4, 0.5) is 5.69 Å². The number of Topliss-reactive ketones (excluding diaryl/α,β-unsaturated/α-hetero) is 1. The van der Waals surface area contributed by atoms with Gasteiger partial charge in [-0.25, -0.2) is 0 Å². The molecule has 2 heterocycles. The van der Waals surface area contributed by atoms with Crippen LogP contribution < -0.4 is 10.6 Å². The van der Waals surface area contributed by atoms with Gasteiger partial charge in [-0.2, -0.15) is 0 Å². The third-order valence-electron chi connectivity index (χ3n) is 3.98. The quantitative estimate of drug-likeness (QED) is 0.791. The maximum absolute atomic E-state index is 12.7. The van der Waals surface area contributed by atoms with Crippen molar-refractivity contribution in [2.45, 2.75) is 18.9 Å². The number of ketones is 1. The van der Waals surface area contributed by atoms with Crippen molar-refractivity contribution in [1.29, 1.82) is 0 Å². The summed E-state index contributed by atoms with van der Waals surface area (Å²) in [5.41, 5.74) is 3.77. The molecule has 0 fully saturated rings. The summed E-state index contributed by atoms with van der Waals surface area (Å²) >= 11 is 0. The van der Waals surface area contributed by atoms with E-state index >= 15 is 0 Å². The predicted molar refractivity (Wildman–Crippen MR) is 84.3 cm³/mol. The van der Waals surface area contributed by atoms with E-state index < -0.39 is 29.6 Å². The number of hydrogen-bond acceptors (Lipinski definition) is 5. The smallest absolute Gasteiger partial charge is 0.264 e. The monoisotopic (exact) mass is 328 g/mol. The molecule has 3 rings (SSSR count). The fourth-order valence-electron chi connectivity index (χ4n) is 2.89. The van der Waals surface area contributed by atoms with Gasteiger partial charge in [-0.1, -0.05) is 18.2 Å². The minimum atomic E-state index is -2.05. The third-order valence-corrected chi connectivity index (χ3v) is 3.98. The Kier molecular flexibility index (Phi) is 3.73. The summed E-state index contributed by atoms with van der Waals surface area (Å²) in [6.45, 7) is 1.32. The summed E-state index contributed by atoms with van der Waals surface area (Å²) in [4.78, 5) is 37.4. The molecule has 0 radical (unpaired) electrons. The second-order valence-electron chi connectivity index (χ2n) is 5.75. The van der Waals surface area contributed by atoms with Crippen LogP contribution in [0.2, 0.25) is 0 Å². The third kappa shape index (κ3) is 2.48. The Labute approximate surface area is 137 Å². The first-order chi connectivity index (χ1) is 11.3. The zero-order chi connectivity index (χ0) is 17.5. The van der Waals surface area contributed by atoms with E-state index in [1.54, 1.807) is 37.3 Å². The van der Waals surface area contributed by atoms with Crippen molar-refractivity contribution in [3.05, 3.63) is 53.5 Å². The lowest BCUT2D eigenvalue weighted by molar-refractivity contribution is -0.136. The van der Waals surface area contributed by atoms with Crippen molar-refractivity contribution in [3.63, 3.8) is 0 Å². The molecule has 1 aromatic carbocycles. The molecule has 0 spiro atoms. The Morgan fingerprint density at radius 2 is 1.96 bits per heavy atom. The minimum Gasteiger partial charge on any atom is -0.458 e. The van der Waals surface area contributed by atoms with Gasteiger partial charge < -0.3 is 15.3 Å². The molecule has 0 saturated carbocycles. The molecule has 0 bridgehead atoms. The second kappa shape index (κ2) is 5.61. The summed E-state index contributed by atoms with van der Waals surface area (Å²) in [6, 6.07) is 9.58. The number of anilines is 1. The fraction of sp³-hybridized carbons (Fsp3) is 0.235. The van der Waals surface area contributed by atoms with Crippen molar-refractivity contribution < 1.29 is 23.9 Å². The summed E-state index contributed by atoms with van der Waals surface area (Å²) in [6.07, 6.45) is -0.481. The molecule has 2 aromatic rings. The van der Waals surface area contributed by atoms with E-state index in [0.717, 1.165) is 4.90 Å². The first-order valence-electron chi connectivity index (χ1n) is 7.35. The van der Waals surface area contributed by atoms with Gasteiger partial charge >= 0.3 is 0 Å². The molecule has 0 aliphatic carbocycles. The largest absolute Gasteiger partial charge is 0.458 e. The minimum absolute atomic E-state index is 0.0690. The molecule has 1 atom stereocenters. The van der Waals surface area contributed by atoms with Crippen molar-refractivity contribution in [1.82, 2.24) is 0 Å². The molecule has 24 heavy (non-hydrogen) atoms. The summed E-state index contributed by atoms with van der Waals surface area (Å²) in [7, 11) is 0. The van der Waals surface area contributed by atoms with Gasteiger partial charge in [0.1, 0.15) is 12.3 Å². The van der Waals surface area contributed by atoms with E-state index in [1.807, 2.05) is 0 Å². The number of rotatable bonds is 5. The highest BCUT2D eigenvalue weighted by Gasteiger charge is 2.51. The Morgan fingerprint density at radius 1 is 1.25 bits per heavy atom. The Bertz CT molecular complexity index is 841. The molecule has 0 unspecified atom stereocenters. The molecule has 0 saturated heterocycles. The maximum Gasteiger partial charge on any atom is 0.264 e. The maximum atomic E-state index is 12.7.